The molecule has 132 valence electrons. The number of nitrogens with zero attached hydrogens (tertiary/aromatic N) is 1. The average Bonchev–Trinajstić information content (AvgIpc) is 3.15. The molecule has 3 atom stereocenters. The van der Waals surface area contributed by atoms with Gasteiger partial charge in [-0.3, -0.25) is 19.3 Å². The summed E-state index contributed by atoms with van der Waals surface area (Å²) < 4.78 is 5.47. The summed E-state index contributed by atoms with van der Waals surface area (Å²) in [5, 5.41) is 0. The summed E-state index contributed by atoms with van der Waals surface area (Å²) in [6.45, 7) is 0.986. The van der Waals surface area contributed by atoms with Crippen LogP contribution in [0.25, 0.3) is 0 Å². The number of halogens is 1. The minimum absolute atomic E-state index is 0.347. The SMILES string of the molecule is C[C@@H](C(=O)OCC(=O)c1ccc(Cl)s1)N1C(=O)[C@@H]2CC=CC[C@H]2C1=O. The van der Waals surface area contributed by atoms with Crippen LogP contribution < -0.4 is 0 Å². The molecule has 25 heavy (non-hydrogen) atoms. The maximum atomic E-state index is 12.4. The summed E-state index contributed by atoms with van der Waals surface area (Å²) >= 11 is 6.86. The first-order valence-electron chi connectivity index (χ1n) is 7.87. The van der Waals surface area contributed by atoms with Crippen LogP contribution in [-0.4, -0.2) is 41.1 Å². The third-order valence-electron chi connectivity index (χ3n) is 4.46. The van der Waals surface area contributed by atoms with Gasteiger partial charge in [0.2, 0.25) is 17.6 Å². The largest absolute Gasteiger partial charge is 0.456 e. The van der Waals surface area contributed by atoms with Crippen LogP contribution >= 0.6 is 22.9 Å². The Morgan fingerprint density at radius 1 is 1.24 bits per heavy atom. The van der Waals surface area contributed by atoms with E-state index in [4.69, 9.17) is 16.3 Å². The summed E-state index contributed by atoms with van der Waals surface area (Å²) in [7, 11) is 0. The van der Waals surface area contributed by atoms with Gasteiger partial charge in [-0.05, 0) is 31.9 Å². The van der Waals surface area contributed by atoms with E-state index in [2.05, 4.69) is 0 Å². The van der Waals surface area contributed by atoms with Crippen LogP contribution in [0.5, 0.6) is 0 Å². The predicted molar refractivity (Wildman–Crippen MR) is 91.3 cm³/mol. The van der Waals surface area contributed by atoms with Crippen LogP contribution in [0.1, 0.15) is 29.4 Å². The van der Waals surface area contributed by atoms with Crippen molar-refractivity contribution in [1.82, 2.24) is 4.90 Å². The first kappa shape index (κ1) is 17.8. The Kier molecular flexibility index (Phi) is 5.06. The number of fused-ring (bicyclic) bond motifs is 1. The van der Waals surface area contributed by atoms with Crippen molar-refractivity contribution in [2.75, 3.05) is 6.61 Å². The summed E-state index contributed by atoms with van der Waals surface area (Å²) in [6, 6.07) is 2.09. The second-order valence-electron chi connectivity index (χ2n) is 6.01. The molecule has 2 aliphatic rings. The number of rotatable bonds is 5. The minimum Gasteiger partial charge on any atom is -0.456 e. The highest BCUT2D eigenvalue weighted by molar-refractivity contribution is 7.18. The zero-order valence-electron chi connectivity index (χ0n) is 13.4. The zero-order valence-corrected chi connectivity index (χ0v) is 15.0. The molecule has 6 nitrogen and oxygen atoms in total. The molecule has 3 rings (SSSR count). The van der Waals surface area contributed by atoms with E-state index >= 15 is 0 Å². The van der Waals surface area contributed by atoms with Gasteiger partial charge in [0.05, 0.1) is 21.0 Å². The molecule has 8 heteroatoms. The Morgan fingerprint density at radius 2 is 1.84 bits per heavy atom. The number of carbonyl (C=O) groups is 4. The van der Waals surface area contributed by atoms with Gasteiger partial charge in [0.25, 0.3) is 0 Å². The molecule has 0 spiro atoms. The highest BCUT2D eigenvalue weighted by Crippen LogP contribution is 2.36. The minimum atomic E-state index is -1.05. The second-order valence-corrected chi connectivity index (χ2v) is 7.73. The number of ketones is 1. The molecular formula is C17H16ClNO5S. The van der Waals surface area contributed by atoms with Gasteiger partial charge in [0, 0.05) is 0 Å². The van der Waals surface area contributed by atoms with Crippen molar-refractivity contribution in [2.45, 2.75) is 25.8 Å². The lowest BCUT2D eigenvalue weighted by atomic mass is 9.85. The molecule has 2 amide bonds. The molecule has 2 heterocycles. The van der Waals surface area contributed by atoms with Crippen LogP contribution in [0, 0.1) is 11.8 Å². The van der Waals surface area contributed by atoms with Crippen molar-refractivity contribution < 1.29 is 23.9 Å². The number of carbonyl (C=O) groups excluding carboxylic acids is 4. The van der Waals surface area contributed by atoms with E-state index in [1.54, 1.807) is 12.1 Å². The van der Waals surface area contributed by atoms with Crippen molar-refractivity contribution in [3.8, 4) is 0 Å². The molecule has 1 saturated heterocycles. The number of imide groups is 1. The number of amides is 2. The number of hydrogen-bond donors (Lipinski definition) is 0. The van der Waals surface area contributed by atoms with Crippen molar-refractivity contribution in [3.63, 3.8) is 0 Å². The van der Waals surface area contributed by atoms with Gasteiger partial charge in [-0.15, -0.1) is 11.3 Å². The van der Waals surface area contributed by atoms with Crippen LogP contribution in [0.3, 0.4) is 0 Å². The molecule has 0 bridgehead atoms. The fraction of sp³-hybridized carbons (Fsp3) is 0.412. The van der Waals surface area contributed by atoms with E-state index in [0.717, 1.165) is 16.2 Å². The van der Waals surface area contributed by atoms with Gasteiger partial charge >= 0.3 is 5.97 Å². The Hall–Kier alpha value is -1.99. The molecule has 1 aromatic heterocycles. The van der Waals surface area contributed by atoms with Gasteiger partial charge < -0.3 is 4.74 Å². The molecule has 1 fully saturated rings. The van der Waals surface area contributed by atoms with Crippen molar-refractivity contribution in [2.24, 2.45) is 11.8 Å². The van der Waals surface area contributed by atoms with Gasteiger partial charge in [0.15, 0.2) is 6.61 Å². The van der Waals surface area contributed by atoms with E-state index in [0.29, 0.717) is 22.1 Å². The number of thiophene rings is 1. The highest BCUT2D eigenvalue weighted by Gasteiger charge is 2.50. The number of ether oxygens (including phenoxy) is 1. The lowest BCUT2D eigenvalue weighted by Gasteiger charge is -2.21. The summed E-state index contributed by atoms with van der Waals surface area (Å²) in [5.74, 6) is -2.65. The third-order valence-corrected chi connectivity index (χ3v) is 5.74. The Bertz CT molecular complexity index is 745. The molecule has 1 aromatic rings. The van der Waals surface area contributed by atoms with E-state index in [-0.39, 0.29) is 17.6 Å². The van der Waals surface area contributed by atoms with Crippen LogP contribution in [0.2, 0.25) is 4.34 Å². The topological polar surface area (TPSA) is 80.8 Å². The van der Waals surface area contributed by atoms with Gasteiger partial charge in [-0.25, -0.2) is 4.79 Å². The van der Waals surface area contributed by atoms with E-state index in [9.17, 15) is 19.2 Å². The Labute approximate surface area is 153 Å². The normalized spacial score (nSPS) is 23.5. The number of allylic oxidation sites excluding steroid dienone is 2. The number of hydrogen-bond acceptors (Lipinski definition) is 6. The van der Waals surface area contributed by atoms with E-state index in [1.807, 2.05) is 12.2 Å². The summed E-state index contributed by atoms with van der Waals surface area (Å²) in [5.41, 5.74) is 0. The van der Waals surface area contributed by atoms with Gasteiger partial charge in [-0.2, -0.15) is 0 Å². The first-order valence-corrected chi connectivity index (χ1v) is 9.06. The molecule has 0 aromatic carbocycles. The standard InChI is InChI=1S/C17H16ClNO5S/c1-9(17(23)24-8-12(20)13-6-7-14(18)25-13)19-15(21)10-4-2-3-5-11(10)16(19)22/h2-3,6-7,9-11H,4-5,8H2,1H3/t9-,10+,11+/m0/s1. The van der Waals surface area contributed by atoms with Crippen molar-refractivity contribution in [1.29, 1.82) is 0 Å². The highest BCUT2D eigenvalue weighted by atomic mass is 35.5. The van der Waals surface area contributed by atoms with Gasteiger partial charge in [0.1, 0.15) is 6.04 Å². The smallest absolute Gasteiger partial charge is 0.329 e. The average molecular weight is 382 g/mol. The number of Topliss-reactive ketones (excluding diaryl/α,β-unsaturated/α-hetero) is 1. The molecular weight excluding hydrogens is 366 g/mol. The van der Waals surface area contributed by atoms with Crippen LogP contribution in [-0.2, 0) is 19.1 Å². The lowest BCUT2D eigenvalue weighted by Crippen LogP contribution is -2.44. The Balaban J connectivity index is 1.61. The fourth-order valence-electron chi connectivity index (χ4n) is 3.11. The van der Waals surface area contributed by atoms with Crippen molar-refractivity contribution in [3.05, 3.63) is 33.5 Å². The number of likely N-dealkylation sites (tertiary alicyclic amines) is 1. The maximum absolute atomic E-state index is 12.4. The van der Waals surface area contributed by atoms with E-state index in [1.165, 1.54) is 6.92 Å². The fourth-order valence-corrected chi connectivity index (χ4v) is 4.07. The monoisotopic (exact) mass is 381 g/mol. The summed E-state index contributed by atoms with van der Waals surface area (Å²) in [4.78, 5) is 50.4. The van der Waals surface area contributed by atoms with Crippen LogP contribution in [0.4, 0.5) is 0 Å². The number of esters is 1. The van der Waals surface area contributed by atoms with Gasteiger partial charge in [-0.1, -0.05) is 23.8 Å². The van der Waals surface area contributed by atoms with Crippen LogP contribution in [0.15, 0.2) is 24.3 Å². The van der Waals surface area contributed by atoms with E-state index < -0.39 is 30.5 Å². The molecule has 0 N–H and O–H groups in total. The predicted octanol–water partition coefficient (Wildman–Crippen LogP) is 2.47. The quantitative estimate of drug-likeness (QED) is 0.339. The maximum Gasteiger partial charge on any atom is 0.329 e. The first-order chi connectivity index (χ1) is 11.9. The lowest BCUT2D eigenvalue weighted by molar-refractivity contribution is -0.157. The second kappa shape index (κ2) is 7.09. The molecule has 1 aliphatic heterocycles. The zero-order chi connectivity index (χ0) is 18.1. The Morgan fingerprint density at radius 3 is 2.36 bits per heavy atom. The molecule has 0 radical (unpaired) electrons. The molecule has 0 unspecified atom stereocenters. The third kappa shape index (κ3) is 3.39. The molecule has 0 saturated carbocycles. The van der Waals surface area contributed by atoms with Crippen molar-refractivity contribution >= 4 is 46.5 Å². The summed E-state index contributed by atoms with van der Waals surface area (Å²) in [6.07, 6.45) is 4.77. The molecule has 1 aliphatic carbocycles.